The number of halogens is 4. The van der Waals surface area contributed by atoms with Gasteiger partial charge in [0, 0.05) is 48.6 Å². The van der Waals surface area contributed by atoms with E-state index in [1.54, 1.807) is 0 Å². The first-order valence-electron chi connectivity index (χ1n) is 17.5. The molecule has 0 radical (unpaired) electrons. The van der Waals surface area contributed by atoms with E-state index in [0.29, 0.717) is 11.6 Å². The number of carbonyl (C=O) groups is 2. The minimum atomic E-state index is -2.69. The van der Waals surface area contributed by atoms with Gasteiger partial charge in [-0.2, -0.15) is 0 Å². The standard InChI is InChI=1S/C38H44F4N6O2/c1-21(2)31(47-35(49)25-11-15-37(39,40)16-12-25)33-43-27-9-7-23(19-29(27)45-33)5-6-24-8-10-28-30(20-24)46-34(44-28)32(22(3)4)48-36(50)26-13-17-38(41,42)18-14-26/h7-10,19-22,25-26,31-32H,11-18H2,1-4H3,(H,43,45)(H,44,46)(H,47,49)(H,48,50)/t31-,32?/m0/s1. The lowest BCUT2D eigenvalue weighted by Gasteiger charge is -2.29. The predicted octanol–water partition coefficient (Wildman–Crippen LogP) is 8.12. The molecule has 0 saturated heterocycles. The molecule has 4 aromatic rings. The molecule has 2 amide bonds. The molecule has 266 valence electrons. The van der Waals surface area contributed by atoms with Crippen LogP contribution in [0.1, 0.15) is 114 Å². The number of benzene rings is 2. The van der Waals surface area contributed by atoms with Gasteiger partial charge in [0.1, 0.15) is 11.6 Å². The lowest BCUT2D eigenvalue weighted by molar-refractivity contribution is -0.131. The molecule has 0 bridgehead atoms. The first-order valence-corrected chi connectivity index (χ1v) is 17.5. The summed E-state index contributed by atoms with van der Waals surface area (Å²) in [6.07, 6.45) is -0.385. The van der Waals surface area contributed by atoms with Crippen molar-refractivity contribution in [3.8, 4) is 11.8 Å². The summed E-state index contributed by atoms with van der Waals surface area (Å²) in [5.74, 6) is 0.966. The summed E-state index contributed by atoms with van der Waals surface area (Å²) in [4.78, 5) is 42.1. The number of nitrogens with one attached hydrogen (secondary N) is 4. The van der Waals surface area contributed by atoms with E-state index in [1.807, 2.05) is 64.1 Å². The van der Waals surface area contributed by atoms with Crippen LogP contribution in [0.25, 0.3) is 22.1 Å². The fraction of sp³-hybridized carbons (Fsp3) is 0.526. The van der Waals surface area contributed by atoms with Crippen molar-refractivity contribution in [1.82, 2.24) is 30.6 Å². The summed E-state index contributed by atoms with van der Waals surface area (Å²) in [5.41, 5.74) is 4.50. The molecule has 2 fully saturated rings. The maximum absolute atomic E-state index is 13.6. The van der Waals surface area contributed by atoms with Crippen LogP contribution in [0.5, 0.6) is 0 Å². The molecule has 2 aliphatic carbocycles. The third-order valence-corrected chi connectivity index (χ3v) is 10.0. The number of hydrogen-bond donors (Lipinski definition) is 4. The van der Waals surface area contributed by atoms with Crippen LogP contribution in [0.3, 0.4) is 0 Å². The Kier molecular flexibility index (Phi) is 9.98. The molecule has 2 atom stereocenters. The number of rotatable bonds is 8. The maximum atomic E-state index is 13.6. The van der Waals surface area contributed by atoms with Gasteiger partial charge in [0.15, 0.2) is 0 Å². The van der Waals surface area contributed by atoms with E-state index < -0.39 is 35.8 Å². The van der Waals surface area contributed by atoms with Gasteiger partial charge in [0.05, 0.1) is 34.2 Å². The summed E-state index contributed by atoms with van der Waals surface area (Å²) >= 11 is 0. The second-order valence-corrected chi connectivity index (χ2v) is 14.7. The van der Waals surface area contributed by atoms with Crippen LogP contribution in [0, 0.1) is 35.5 Å². The number of fused-ring (bicyclic) bond motifs is 2. The molecule has 0 spiro atoms. The first kappa shape index (κ1) is 35.4. The molecular weight excluding hydrogens is 648 g/mol. The van der Waals surface area contributed by atoms with Crippen LogP contribution in [-0.4, -0.2) is 43.6 Å². The fourth-order valence-corrected chi connectivity index (χ4v) is 6.90. The van der Waals surface area contributed by atoms with Gasteiger partial charge in [-0.1, -0.05) is 39.5 Å². The summed E-state index contributed by atoms with van der Waals surface area (Å²) < 4.78 is 54.5. The Morgan fingerprint density at radius 1 is 0.680 bits per heavy atom. The second kappa shape index (κ2) is 14.1. The van der Waals surface area contributed by atoms with E-state index in [9.17, 15) is 27.2 Å². The zero-order valence-corrected chi connectivity index (χ0v) is 28.8. The molecule has 12 heteroatoms. The zero-order valence-electron chi connectivity index (χ0n) is 28.8. The Labute approximate surface area is 289 Å². The summed E-state index contributed by atoms with van der Waals surface area (Å²) in [5, 5.41) is 6.10. The van der Waals surface area contributed by atoms with Crippen LogP contribution in [-0.2, 0) is 9.59 Å². The largest absolute Gasteiger partial charge is 0.346 e. The Balaban J connectivity index is 1.14. The topological polar surface area (TPSA) is 116 Å². The van der Waals surface area contributed by atoms with Gasteiger partial charge in [-0.25, -0.2) is 27.5 Å². The molecule has 2 aliphatic rings. The van der Waals surface area contributed by atoms with Gasteiger partial charge >= 0.3 is 0 Å². The van der Waals surface area contributed by atoms with E-state index in [4.69, 9.17) is 9.97 Å². The predicted molar refractivity (Wildman–Crippen MR) is 183 cm³/mol. The van der Waals surface area contributed by atoms with E-state index in [1.165, 1.54) is 0 Å². The summed E-state index contributed by atoms with van der Waals surface area (Å²) in [7, 11) is 0. The van der Waals surface area contributed by atoms with Gasteiger partial charge in [-0.15, -0.1) is 0 Å². The molecule has 8 nitrogen and oxygen atoms in total. The molecular formula is C38H44F4N6O2. The lowest BCUT2D eigenvalue weighted by atomic mass is 9.86. The quantitative estimate of drug-likeness (QED) is 0.110. The average Bonchev–Trinajstić information content (AvgIpc) is 3.68. The third-order valence-electron chi connectivity index (χ3n) is 10.0. The van der Waals surface area contributed by atoms with Crippen molar-refractivity contribution in [1.29, 1.82) is 0 Å². The highest BCUT2D eigenvalue weighted by Gasteiger charge is 2.39. The molecule has 2 aromatic carbocycles. The number of amides is 2. The number of alkyl halides is 4. The zero-order chi connectivity index (χ0) is 35.8. The van der Waals surface area contributed by atoms with Crippen molar-refractivity contribution in [2.24, 2.45) is 23.7 Å². The molecule has 50 heavy (non-hydrogen) atoms. The Morgan fingerprint density at radius 3 is 1.38 bits per heavy atom. The van der Waals surface area contributed by atoms with Crippen molar-refractivity contribution in [2.45, 2.75) is 103 Å². The van der Waals surface area contributed by atoms with Gasteiger partial charge in [-0.05, 0) is 73.9 Å². The average molecular weight is 693 g/mol. The van der Waals surface area contributed by atoms with Crippen LogP contribution in [0.2, 0.25) is 0 Å². The van der Waals surface area contributed by atoms with Gasteiger partial charge in [0.2, 0.25) is 23.7 Å². The van der Waals surface area contributed by atoms with Gasteiger partial charge in [0.25, 0.3) is 0 Å². The number of nitrogens with zero attached hydrogens (tertiary/aromatic N) is 2. The minimum Gasteiger partial charge on any atom is -0.346 e. The van der Waals surface area contributed by atoms with Gasteiger partial charge in [-0.3, -0.25) is 9.59 Å². The van der Waals surface area contributed by atoms with E-state index >= 15 is 0 Å². The van der Waals surface area contributed by atoms with Gasteiger partial charge < -0.3 is 20.6 Å². The van der Waals surface area contributed by atoms with E-state index in [2.05, 4.69) is 32.4 Å². The minimum absolute atomic E-state index is 0.0153. The number of carbonyl (C=O) groups excluding carboxylic acids is 2. The molecule has 1 unspecified atom stereocenters. The molecule has 4 N–H and O–H groups in total. The summed E-state index contributed by atoms with van der Waals surface area (Å²) in [6, 6.07) is 10.5. The van der Waals surface area contributed by atoms with Crippen molar-refractivity contribution in [3.63, 3.8) is 0 Å². The first-order chi connectivity index (χ1) is 23.7. The van der Waals surface area contributed by atoms with Crippen LogP contribution in [0.15, 0.2) is 36.4 Å². The molecule has 0 aliphatic heterocycles. The maximum Gasteiger partial charge on any atom is 0.248 e. The van der Waals surface area contributed by atoms with Crippen LogP contribution >= 0.6 is 0 Å². The fourth-order valence-electron chi connectivity index (χ4n) is 6.90. The van der Waals surface area contributed by atoms with Crippen molar-refractivity contribution in [3.05, 3.63) is 59.2 Å². The summed E-state index contributed by atoms with van der Waals surface area (Å²) in [6.45, 7) is 7.91. The van der Waals surface area contributed by atoms with Crippen molar-refractivity contribution >= 4 is 33.9 Å². The highest BCUT2D eigenvalue weighted by atomic mass is 19.3. The number of aromatic amines is 2. The Morgan fingerprint density at radius 2 is 1.04 bits per heavy atom. The normalized spacial score (nSPS) is 19.3. The molecule has 2 saturated carbocycles. The highest BCUT2D eigenvalue weighted by Crippen LogP contribution is 2.38. The van der Waals surface area contributed by atoms with Crippen LogP contribution < -0.4 is 10.6 Å². The molecule has 6 rings (SSSR count). The number of imidazole rings is 2. The highest BCUT2D eigenvalue weighted by molar-refractivity contribution is 5.81. The number of H-pyrrole nitrogens is 2. The second-order valence-electron chi connectivity index (χ2n) is 14.7. The van der Waals surface area contributed by atoms with E-state index in [-0.39, 0.29) is 75.0 Å². The van der Waals surface area contributed by atoms with Crippen LogP contribution in [0.4, 0.5) is 17.6 Å². The third kappa shape index (κ3) is 8.14. The van der Waals surface area contributed by atoms with Crippen molar-refractivity contribution in [2.75, 3.05) is 0 Å². The SMILES string of the molecule is CC(C)C(NC(=O)C1CCC(F)(F)CC1)c1nc2ccc(C#Cc3ccc4nc([C@@H](NC(=O)C5CCC(F)(F)CC5)C(C)C)[nH]c4c3)cc2[nH]1. The number of hydrogen-bond acceptors (Lipinski definition) is 4. The van der Waals surface area contributed by atoms with E-state index in [0.717, 1.165) is 33.2 Å². The lowest BCUT2D eigenvalue weighted by Crippen LogP contribution is -2.39. The monoisotopic (exact) mass is 692 g/mol. The van der Waals surface area contributed by atoms with Crippen molar-refractivity contribution < 1.29 is 27.2 Å². The molecule has 2 aromatic heterocycles. The number of aromatic nitrogens is 4. The smallest absolute Gasteiger partial charge is 0.248 e. The Bertz CT molecular complexity index is 1780. The Hall–Kier alpha value is -4.40. The molecule has 2 heterocycles.